The quantitative estimate of drug-likeness (QED) is 0.0261. The van der Waals surface area contributed by atoms with Crippen LogP contribution in [0.3, 0.4) is 0 Å². The van der Waals surface area contributed by atoms with Crippen LogP contribution in [0.1, 0.15) is 19.3 Å². The first-order valence-corrected chi connectivity index (χ1v) is 16.4. The summed E-state index contributed by atoms with van der Waals surface area (Å²) < 4.78 is 52.2. The Kier molecular flexibility index (Phi) is 68.4. The molecule has 0 spiro atoms. The Morgan fingerprint density at radius 3 is 0.727 bits per heavy atom. The second-order valence-corrected chi connectivity index (χ2v) is 10.5. The molecule has 8 N–H and O–H groups in total. The Morgan fingerprint density at radius 2 is 0.527 bits per heavy atom. The molecule has 0 saturated carbocycles. The second-order valence-electron chi connectivity index (χ2n) is 10.5. The van der Waals surface area contributed by atoms with Crippen molar-refractivity contribution in [2.75, 3.05) is 119 Å². The minimum Gasteiger partial charge on any atom is -0.553 e. The molecule has 22 heteroatoms. The van der Waals surface area contributed by atoms with Gasteiger partial charge in [0.05, 0.1) is 82.9 Å². The second kappa shape index (κ2) is 57.0. The molecule has 0 heterocycles. The number of aliphatic hydroxyl groups excluding tert-OH is 8. The standard InChI is InChI=1S/2C11H22O6.C6H13O4.C5H11O3.3Rf/c2*1-14-6-10(12)8-16-4-3-5-17-9-11(13)7-15-2;1-9-4-6(8)5-10-3-2-7;1-8-4-5(7)2-3-6;;;/h2*10-13H,1-9H2;6-8H,1-5H2;5-7H,1-4H2;;;/q2*-2;2*-1;;;. The molecule has 326 valence electrons. The van der Waals surface area contributed by atoms with Gasteiger partial charge < -0.3 is 93.0 Å². The first-order chi connectivity index (χ1) is 25.0. The summed E-state index contributed by atoms with van der Waals surface area (Å²) in [6.07, 6.45) is -2.08. The molecular formula is C33H68O19Rf3-6. The smallest absolute Gasteiger partial charge is 0.0976 e. The van der Waals surface area contributed by atoms with Gasteiger partial charge in [-0.15, -0.1) is 0 Å². The first kappa shape index (κ1) is 66.1. The van der Waals surface area contributed by atoms with E-state index in [9.17, 15) is 20.4 Å². The van der Waals surface area contributed by atoms with Gasteiger partial charge in [-0.3, -0.25) is 0 Å². The summed E-state index contributed by atoms with van der Waals surface area (Å²) in [4.78, 5) is 0. The van der Waals surface area contributed by atoms with E-state index in [0.717, 1.165) is 0 Å². The molecule has 0 aliphatic carbocycles. The minimum atomic E-state index is -0.649. The summed E-state index contributed by atoms with van der Waals surface area (Å²) >= 11 is 0. The molecular weight excluding hydrogens is 1500 g/mol. The van der Waals surface area contributed by atoms with Crippen molar-refractivity contribution in [2.45, 2.75) is 55.9 Å². The minimum absolute atomic E-state index is 0. The van der Waals surface area contributed by atoms with E-state index in [2.05, 4.69) is 71.1 Å². The molecule has 6 atom stereocenters. The predicted molar refractivity (Wildman–Crippen MR) is 186 cm³/mol. The molecule has 0 amide bonds. The topological polar surface area (TPSA) is 263 Å². The summed E-state index contributed by atoms with van der Waals surface area (Å²) in [5, 5.41) is 71.0. The Hall–Kier alpha value is -3.76. The van der Waals surface area contributed by atoms with E-state index in [0.29, 0.717) is 45.7 Å². The van der Waals surface area contributed by atoms with E-state index in [-0.39, 0.29) is 92.5 Å². The molecule has 0 radical (unpaired) electrons. The van der Waals surface area contributed by atoms with Crippen molar-refractivity contribution >= 4 is 0 Å². The van der Waals surface area contributed by atoms with Gasteiger partial charge in [0.15, 0.2) is 0 Å². The molecule has 0 aliphatic heterocycles. The van der Waals surface area contributed by atoms with Crippen LogP contribution in [0.2, 0.25) is 0 Å². The number of hydrogen-bond acceptors (Lipinski definition) is 19. The Labute approximate surface area is 310 Å². The van der Waals surface area contributed by atoms with Crippen LogP contribution >= 0.6 is 0 Å². The van der Waals surface area contributed by atoms with Crippen molar-refractivity contribution in [1.82, 2.24) is 0 Å². The monoisotopic (exact) mass is 1570 g/mol. The van der Waals surface area contributed by atoms with Gasteiger partial charge in [0, 0.05) is 72.7 Å². The summed E-state index contributed by atoms with van der Waals surface area (Å²) in [6.45, 7) is 4.17. The van der Waals surface area contributed by atoms with E-state index in [1.807, 2.05) is 0 Å². The van der Waals surface area contributed by atoms with E-state index in [1.54, 1.807) is 0 Å². The van der Waals surface area contributed by atoms with Crippen LogP contribution in [0.25, 0.3) is 0 Å². The molecule has 0 aromatic carbocycles. The molecule has 6 unspecified atom stereocenters. The summed E-state index contributed by atoms with van der Waals surface area (Å²) in [6, 6.07) is 0. The van der Waals surface area contributed by atoms with Gasteiger partial charge in [0.1, 0.15) is 0 Å². The summed E-state index contributed by atoms with van der Waals surface area (Å²) in [5.74, 6) is 0. The molecule has 0 saturated heterocycles. The zero-order valence-corrected chi connectivity index (χ0v) is 51.9. The van der Waals surface area contributed by atoms with Crippen molar-refractivity contribution in [3.8, 4) is 0 Å². The van der Waals surface area contributed by atoms with Crippen LogP contribution < -0.4 is 0 Å². The normalized spacial score (nSPS) is 13.6. The van der Waals surface area contributed by atoms with Gasteiger partial charge >= 0.3 is 0 Å². The van der Waals surface area contributed by atoms with Crippen LogP contribution in [0.5, 0.6) is 0 Å². The molecule has 0 aromatic heterocycles. The maximum absolute atomic E-state index is 9.21. The van der Waals surface area contributed by atoms with Crippen molar-refractivity contribution < 1.29 is 93.0 Å². The zero-order valence-electron chi connectivity index (χ0n) is 32.7. The van der Waals surface area contributed by atoms with E-state index in [1.165, 1.54) is 0 Å². The maximum Gasteiger partial charge on any atom is 0.0976 e. The maximum atomic E-state index is 9.21. The number of hydrogen-bond donors (Lipinski definition) is 8. The fourth-order valence-electron chi connectivity index (χ4n) is 2.98. The fourth-order valence-corrected chi connectivity index (χ4v) is 2.98. The van der Waals surface area contributed by atoms with Crippen molar-refractivity contribution in [3.05, 3.63) is 42.7 Å². The molecule has 0 fully saturated rings. The van der Waals surface area contributed by atoms with Crippen molar-refractivity contribution in [3.63, 3.8) is 0 Å². The van der Waals surface area contributed by atoms with Crippen LogP contribution in [-0.2, 0) is 52.1 Å². The Bertz CT molecular complexity index is 558. The molecule has 0 bridgehead atoms. The van der Waals surface area contributed by atoms with Crippen molar-refractivity contribution in [1.29, 1.82) is 0 Å². The van der Waals surface area contributed by atoms with Gasteiger partial charge in [-0.1, -0.05) is 0 Å². The number of rotatable bonds is 34. The van der Waals surface area contributed by atoms with Crippen LogP contribution in [-0.4, -0.2) is 196 Å². The Balaban J connectivity index is -0.000000114. The molecule has 55 heavy (non-hydrogen) atoms. The molecule has 0 aliphatic rings. The average Bonchev–Trinajstić information content (AvgIpc) is 3.09. The van der Waals surface area contributed by atoms with Crippen molar-refractivity contribution in [2.24, 2.45) is 0 Å². The SMILES string of the molecule is [CH2-]OCC(O)CCO.[CH2-]OCC(O)COCCCOCC(O)CO[CH2-].[CH2-]OCC(O)COCCCOCC(O)CO[CH2-].[CH2-]OCC(O)COCCO.[Rf].[Rf].[Rf]. The van der Waals surface area contributed by atoms with Gasteiger partial charge in [-0.2, -0.15) is 0 Å². The summed E-state index contributed by atoms with van der Waals surface area (Å²) in [7, 11) is 18.8. The molecule has 19 nitrogen and oxygen atoms in total. The molecule has 0 rings (SSSR count). The van der Waals surface area contributed by atoms with Crippen LogP contribution in [0, 0.1) is 42.7 Å². The fraction of sp³-hybridized carbons (Fsp3) is 0.818. The zero-order chi connectivity index (χ0) is 40.1. The van der Waals surface area contributed by atoms with Crippen LogP contribution in [0.15, 0.2) is 0 Å². The summed E-state index contributed by atoms with van der Waals surface area (Å²) in [5.41, 5.74) is 0. The predicted octanol–water partition coefficient (Wildman–Crippen LogP) is -1.80. The van der Waals surface area contributed by atoms with E-state index < -0.39 is 36.6 Å². The first-order valence-electron chi connectivity index (χ1n) is 16.4. The van der Waals surface area contributed by atoms with Gasteiger partial charge in [0.2, 0.25) is 0 Å². The van der Waals surface area contributed by atoms with E-state index >= 15 is 0 Å². The average molecular weight is 1570 g/mol. The van der Waals surface area contributed by atoms with E-state index in [4.69, 9.17) is 44.1 Å². The third-order valence-corrected chi connectivity index (χ3v) is 5.27. The van der Waals surface area contributed by atoms with Crippen LogP contribution in [0.4, 0.5) is 0 Å². The molecule has 0 aromatic rings. The third kappa shape index (κ3) is 65.5. The van der Waals surface area contributed by atoms with Gasteiger partial charge in [-0.05, 0) is 19.3 Å². The number of aliphatic hydroxyl groups is 8. The third-order valence-electron chi connectivity index (χ3n) is 5.27. The Morgan fingerprint density at radius 1 is 0.309 bits per heavy atom. The largest absolute Gasteiger partial charge is 0.553 e. The van der Waals surface area contributed by atoms with Gasteiger partial charge in [0.25, 0.3) is 0 Å². The number of ether oxygens (including phenoxy) is 11. The van der Waals surface area contributed by atoms with Gasteiger partial charge in [-0.25, -0.2) is 42.7 Å².